The zero-order chi connectivity index (χ0) is 14.8. The molecule has 112 valence electrons. The molecule has 0 spiro atoms. The van der Waals surface area contributed by atoms with Gasteiger partial charge in [-0.15, -0.1) is 0 Å². The molecule has 0 aliphatic carbocycles. The van der Waals surface area contributed by atoms with Crippen LogP contribution < -0.4 is 9.64 Å². The third kappa shape index (κ3) is 2.64. The van der Waals surface area contributed by atoms with Gasteiger partial charge in [0.1, 0.15) is 11.9 Å². The summed E-state index contributed by atoms with van der Waals surface area (Å²) in [6, 6.07) is 18.2. The summed E-state index contributed by atoms with van der Waals surface area (Å²) >= 11 is 0. The average molecular weight is 293 g/mol. The molecule has 0 radical (unpaired) electrons. The number of nitrogens with one attached hydrogen (secondary N) is 1. The molecule has 1 saturated heterocycles. The molecule has 4 nitrogen and oxygen atoms in total. The van der Waals surface area contributed by atoms with E-state index in [1.807, 2.05) is 48.5 Å². The van der Waals surface area contributed by atoms with Crippen molar-refractivity contribution in [3.63, 3.8) is 0 Å². The Hall–Kier alpha value is -2.49. The van der Waals surface area contributed by atoms with Crippen LogP contribution in [0.5, 0.6) is 5.75 Å². The molecule has 1 aliphatic heterocycles. The molecule has 2 heterocycles. The van der Waals surface area contributed by atoms with Crippen LogP contribution >= 0.6 is 0 Å². The van der Waals surface area contributed by atoms with Crippen molar-refractivity contribution >= 4 is 17.0 Å². The number of para-hydroxylation sites is 3. The summed E-state index contributed by atoms with van der Waals surface area (Å²) in [5.41, 5.74) is 2.10. The van der Waals surface area contributed by atoms with E-state index in [0.29, 0.717) is 0 Å². The van der Waals surface area contributed by atoms with Crippen molar-refractivity contribution in [3.05, 3.63) is 54.6 Å². The number of hydrogen-bond acceptors (Lipinski definition) is 3. The Morgan fingerprint density at radius 1 is 1.05 bits per heavy atom. The molecular weight excluding hydrogens is 274 g/mol. The van der Waals surface area contributed by atoms with Crippen LogP contribution in [0.4, 0.5) is 5.95 Å². The molecule has 1 aliphatic rings. The van der Waals surface area contributed by atoms with Gasteiger partial charge in [0.05, 0.1) is 17.6 Å². The number of benzene rings is 2. The first-order valence-corrected chi connectivity index (χ1v) is 7.80. The van der Waals surface area contributed by atoms with E-state index in [1.165, 1.54) is 0 Å². The zero-order valence-electron chi connectivity index (χ0n) is 12.4. The Bertz CT molecular complexity index is 720. The highest BCUT2D eigenvalue weighted by Gasteiger charge is 2.23. The lowest BCUT2D eigenvalue weighted by Crippen LogP contribution is -2.41. The van der Waals surface area contributed by atoms with E-state index in [9.17, 15) is 0 Å². The van der Waals surface area contributed by atoms with Crippen molar-refractivity contribution in [3.8, 4) is 5.75 Å². The second-order valence-electron chi connectivity index (χ2n) is 5.72. The number of nitrogens with zero attached hydrogens (tertiary/aromatic N) is 2. The number of piperidine rings is 1. The summed E-state index contributed by atoms with van der Waals surface area (Å²) in [5.74, 6) is 1.89. The fourth-order valence-electron chi connectivity index (χ4n) is 3.01. The Morgan fingerprint density at radius 3 is 2.73 bits per heavy atom. The van der Waals surface area contributed by atoms with Gasteiger partial charge in [-0.1, -0.05) is 30.3 Å². The van der Waals surface area contributed by atoms with Crippen LogP contribution in [0.3, 0.4) is 0 Å². The second-order valence-corrected chi connectivity index (χ2v) is 5.72. The summed E-state index contributed by atoms with van der Waals surface area (Å²) in [6.45, 7) is 1.89. The van der Waals surface area contributed by atoms with E-state index < -0.39 is 0 Å². The quantitative estimate of drug-likeness (QED) is 0.802. The summed E-state index contributed by atoms with van der Waals surface area (Å²) in [5, 5.41) is 0. The highest BCUT2D eigenvalue weighted by molar-refractivity contribution is 5.77. The SMILES string of the molecule is c1ccc(OC2CCCN(c3nc4ccccc4[nH]3)C2)cc1. The van der Waals surface area contributed by atoms with E-state index in [2.05, 4.69) is 16.0 Å². The fraction of sp³-hybridized carbons (Fsp3) is 0.278. The number of aromatic nitrogens is 2. The Labute approximate surface area is 129 Å². The average Bonchev–Trinajstić information content (AvgIpc) is 3.00. The number of H-pyrrole nitrogens is 1. The number of ether oxygens (including phenoxy) is 1. The van der Waals surface area contributed by atoms with Crippen LogP contribution in [0, 0.1) is 0 Å². The molecule has 0 amide bonds. The van der Waals surface area contributed by atoms with E-state index >= 15 is 0 Å². The third-order valence-electron chi connectivity index (χ3n) is 4.10. The third-order valence-corrected chi connectivity index (χ3v) is 4.10. The maximum Gasteiger partial charge on any atom is 0.203 e. The number of rotatable bonds is 3. The summed E-state index contributed by atoms with van der Waals surface area (Å²) in [4.78, 5) is 10.4. The minimum Gasteiger partial charge on any atom is -0.489 e. The highest BCUT2D eigenvalue weighted by atomic mass is 16.5. The van der Waals surface area contributed by atoms with Gasteiger partial charge in [0, 0.05) is 6.54 Å². The van der Waals surface area contributed by atoms with Crippen molar-refractivity contribution in [2.24, 2.45) is 0 Å². The molecule has 2 aromatic carbocycles. The smallest absolute Gasteiger partial charge is 0.203 e. The van der Waals surface area contributed by atoms with Gasteiger partial charge in [0.15, 0.2) is 0 Å². The van der Waals surface area contributed by atoms with Gasteiger partial charge in [0.2, 0.25) is 5.95 Å². The molecule has 1 aromatic heterocycles. The molecule has 4 rings (SSSR count). The first-order valence-electron chi connectivity index (χ1n) is 7.80. The number of fused-ring (bicyclic) bond motifs is 1. The number of anilines is 1. The molecule has 0 bridgehead atoms. The molecule has 1 atom stereocenters. The Morgan fingerprint density at radius 2 is 1.86 bits per heavy atom. The van der Waals surface area contributed by atoms with Gasteiger partial charge in [-0.05, 0) is 37.1 Å². The van der Waals surface area contributed by atoms with E-state index in [4.69, 9.17) is 9.72 Å². The van der Waals surface area contributed by atoms with Gasteiger partial charge in [-0.25, -0.2) is 4.98 Å². The standard InChI is InChI=1S/C18H19N3O/c1-2-7-14(8-3-1)22-15-9-6-12-21(13-15)18-19-16-10-4-5-11-17(16)20-18/h1-5,7-8,10-11,15H,6,9,12-13H2,(H,19,20). The van der Waals surface area contributed by atoms with Crippen molar-refractivity contribution in [1.29, 1.82) is 0 Å². The van der Waals surface area contributed by atoms with Crippen LogP contribution in [0.15, 0.2) is 54.6 Å². The predicted molar refractivity (Wildman–Crippen MR) is 88.4 cm³/mol. The maximum absolute atomic E-state index is 6.10. The van der Waals surface area contributed by atoms with Crippen LogP contribution in [0.1, 0.15) is 12.8 Å². The van der Waals surface area contributed by atoms with E-state index in [1.54, 1.807) is 0 Å². The molecular formula is C18H19N3O. The van der Waals surface area contributed by atoms with E-state index in [-0.39, 0.29) is 6.10 Å². The Balaban J connectivity index is 1.50. The van der Waals surface area contributed by atoms with Crippen LogP contribution in [-0.4, -0.2) is 29.2 Å². The minimum absolute atomic E-state index is 0.212. The van der Waals surface area contributed by atoms with Crippen molar-refractivity contribution < 1.29 is 4.74 Å². The van der Waals surface area contributed by atoms with Gasteiger partial charge >= 0.3 is 0 Å². The Kier molecular flexibility index (Phi) is 3.43. The van der Waals surface area contributed by atoms with Crippen LogP contribution in [0.25, 0.3) is 11.0 Å². The van der Waals surface area contributed by atoms with Crippen LogP contribution in [-0.2, 0) is 0 Å². The van der Waals surface area contributed by atoms with Gasteiger partial charge in [-0.3, -0.25) is 0 Å². The van der Waals surface area contributed by atoms with Crippen LogP contribution in [0.2, 0.25) is 0 Å². The molecule has 22 heavy (non-hydrogen) atoms. The van der Waals surface area contributed by atoms with Crippen molar-refractivity contribution in [2.45, 2.75) is 18.9 Å². The van der Waals surface area contributed by atoms with Gasteiger partial charge in [0.25, 0.3) is 0 Å². The maximum atomic E-state index is 6.10. The van der Waals surface area contributed by atoms with Crippen molar-refractivity contribution in [2.75, 3.05) is 18.0 Å². The van der Waals surface area contributed by atoms with Crippen molar-refractivity contribution in [1.82, 2.24) is 9.97 Å². The molecule has 1 N–H and O–H groups in total. The molecule has 0 saturated carbocycles. The summed E-state index contributed by atoms with van der Waals surface area (Å²) in [6.07, 6.45) is 2.42. The predicted octanol–water partition coefficient (Wildman–Crippen LogP) is 3.61. The first kappa shape index (κ1) is 13.2. The topological polar surface area (TPSA) is 41.1 Å². The molecule has 3 aromatic rings. The van der Waals surface area contributed by atoms with E-state index in [0.717, 1.165) is 48.7 Å². The summed E-state index contributed by atoms with van der Waals surface area (Å²) < 4.78 is 6.10. The fourth-order valence-corrected chi connectivity index (χ4v) is 3.01. The monoisotopic (exact) mass is 293 g/mol. The molecule has 1 fully saturated rings. The van der Waals surface area contributed by atoms with Gasteiger partial charge < -0.3 is 14.6 Å². The lowest BCUT2D eigenvalue weighted by molar-refractivity contribution is 0.179. The van der Waals surface area contributed by atoms with Gasteiger partial charge in [-0.2, -0.15) is 0 Å². The molecule has 1 unspecified atom stereocenters. The molecule has 4 heteroatoms. The normalized spacial score (nSPS) is 18.5. The minimum atomic E-state index is 0.212. The number of aromatic amines is 1. The first-order chi connectivity index (χ1) is 10.9. The second kappa shape index (κ2) is 5.72. The highest BCUT2D eigenvalue weighted by Crippen LogP contribution is 2.23. The largest absolute Gasteiger partial charge is 0.489 e. The number of hydrogen-bond donors (Lipinski definition) is 1. The lowest BCUT2D eigenvalue weighted by Gasteiger charge is -2.32. The number of imidazole rings is 1. The lowest BCUT2D eigenvalue weighted by atomic mass is 10.1. The zero-order valence-corrected chi connectivity index (χ0v) is 12.4. The summed E-state index contributed by atoms with van der Waals surface area (Å²) in [7, 11) is 0.